The van der Waals surface area contributed by atoms with Crippen LogP contribution in [0.5, 0.6) is 0 Å². The summed E-state index contributed by atoms with van der Waals surface area (Å²) in [6.07, 6.45) is 0. The van der Waals surface area contributed by atoms with Gasteiger partial charge in [-0.15, -0.1) is 0 Å². The van der Waals surface area contributed by atoms with Crippen LogP contribution >= 0.6 is 0 Å². The molecular formula is C16H25NO2. The molecule has 0 aromatic heterocycles. The molecule has 1 N–H and O–H groups in total. The molecule has 0 atom stereocenters. The number of hydrogen-bond donors (Lipinski definition) is 1. The molecule has 3 nitrogen and oxygen atoms in total. The zero-order chi connectivity index (χ0) is 14.8. The van der Waals surface area contributed by atoms with Crippen LogP contribution in [0.1, 0.15) is 47.8 Å². The summed E-state index contributed by atoms with van der Waals surface area (Å²) < 4.78 is 0. The van der Waals surface area contributed by atoms with Crippen LogP contribution in [-0.2, 0) is 0 Å². The highest BCUT2D eigenvalue weighted by Gasteiger charge is 2.24. The van der Waals surface area contributed by atoms with Gasteiger partial charge in [-0.25, -0.2) is 0 Å². The molecule has 0 aliphatic heterocycles. The van der Waals surface area contributed by atoms with Crippen LogP contribution in [0.15, 0.2) is 12.1 Å². The Labute approximate surface area is 116 Å². The van der Waals surface area contributed by atoms with Gasteiger partial charge in [0.25, 0.3) is 5.91 Å². The SMILES string of the molecule is CCN(CC(C)(C)O)C(=O)c1c(C)cc(C)cc1C. The zero-order valence-corrected chi connectivity index (χ0v) is 12.9. The first kappa shape index (κ1) is 15.7. The van der Waals surface area contributed by atoms with Crippen molar-refractivity contribution in [2.45, 2.75) is 47.1 Å². The molecule has 0 saturated carbocycles. The molecule has 1 rings (SSSR count). The van der Waals surface area contributed by atoms with Gasteiger partial charge in [-0.2, -0.15) is 0 Å². The Kier molecular flexibility index (Phi) is 4.75. The first-order valence-corrected chi connectivity index (χ1v) is 6.75. The van der Waals surface area contributed by atoms with E-state index in [1.807, 2.05) is 39.8 Å². The van der Waals surface area contributed by atoms with Gasteiger partial charge in [0, 0.05) is 18.7 Å². The minimum absolute atomic E-state index is 0.000347. The van der Waals surface area contributed by atoms with Gasteiger partial charge in [0.15, 0.2) is 0 Å². The normalized spacial score (nSPS) is 11.5. The minimum Gasteiger partial charge on any atom is -0.389 e. The number of likely N-dealkylation sites (N-methyl/N-ethyl adjacent to an activating group) is 1. The maximum atomic E-state index is 12.6. The fourth-order valence-corrected chi connectivity index (χ4v) is 2.47. The first-order chi connectivity index (χ1) is 8.65. The van der Waals surface area contributed by atoms with E-state index in [4.69, 9.17) is 0 Å². The molecule has 0 fully saturated rings. The summed E-state index contributed by atoms with van der Waals surface area (Å²) in [7, 11) is 0. The summed E-state index contributed by atoms with van der Waals surface area (Å²) in [6, 6.07) is 4.05. The zero-order valence-electron chi connectivity index (χ0n) is 12.9. The van der Waals surface area contributed by atoms with Crippen molar-refractivity contribution in [2.75, 3.05) is 13.1 Å². The van der Waals surface area contributed by atoms with Crippen LogP contribution in [0.3, 0.4) is 0 Å². The highest BCUT2D eigenvalue weighted by atomic mass is 16.3. The van der Waals surface area contributed by atoms with Gasteiger partial charge in [-0.3, -0.25) is 4.79 Å². The average Bonchev–Trinajstić information content (AvgIpc) is 2.22. The lowest BCUT2D eigenvalue weighted by molar-refractivity contribution is 0.0314. The number of aryl methyl sites for hydroxylation is 3. The highest BCUT2D eigenvalue weighted by Crippen LogP contribution is 2.19. The molecule has 3 heteroatoms. The summed E-state index contributed by atoms with van der Waals surface area (Å²) in [5, 5.41) is 9.90. The summed E-state index contributed by atoms with van der Waals surface area (Å²) in [4.78, 5) is 14.3. The van der Waals surface area contributed by atoms with E-state index in [2.05, 4.69) is 0 Å². The summed E-state index contributed by atoms with van der Waals surface area (Å²) >= 11 is 0. The minimum atomic E-state index is -0.877. The average molecular weight is 263 g/mol. The second kappa shape index (κ2) is 5.74. The van der Waals surface area contributed by atoms with E-state index >= 15 is 0 Å². The lowest BCUT2D eigenvalue weighted by Gasteiger charge is -2.29. The molecule has 0 aliphatic carbocycles. The first-order valence-electron chi connectivity index (χ1n) is 6.75. The Morgan fingerprint density at radius 3 is 2.05 bits per heavy atom. The Balaban J connectivity index is 3.11. The summed E-state index contributed by atoms with van der Waals surface area (Å²) in [6.45, 7) is 12.3. The third-order valence-electron chi connectivity index (χ3n) is 3.14. The number of benzene rings is 1. The lowest BCUT2D eigenvalue weighted by Crippen LogP contribution is -2.42. The summed E-state index contributed by atoms with van der Waals surface area (Å²) in [5.74, 6) is -0.000347. The van der Waals surface area contributed by atoms with Gasteiger partial charge in [-0.1, -0.05) is 17.7 Å². The molecule has 1 aromatic rings. The number of amides is 1. The van der Waals surface area contributed by atoms with Gasteiger partial charge in [0.05, 0.1) is 5.60 Å². The van der Waals surface area contributed by atoms with Gasteiger partial charge < -0.3 is 10.0 Å². The monoisotopic (exact) mass is 263 g/mol. The molecule has 0 radical (unpaired) electrons. The Morgan fingerprint density at radius 2 is 1.68 bits per heavy atom. The van der Waals surface area contributed by atoms with Crippen molar-refractivity contribution in [1.29, 1.82) is 0 Å². The van der Waals surface area contributed by atoms with Crippen LogP contribution in [0.2, 0.25) is 0 Å². The number of carbonyl (C=O) groups excluding carboxylic acids is 1. The maximum absolute atomic E-state index is 12.6. The van der Waals surface area contributed by atoms with E-state index in [1.165, 1.54) is 0 Å². The van der Waals surface area contributed by atoms with Crippen LogP contribution < -0.4 is 0 Å². The predicted octanol–water partition coefficient (Wildman–Crippen LogP) is 2.84. The van der Waals surface area contributed by atoms with Crippen LogP contribution in [0.25, 0.3) is 0 Å². The lowest BCUT2D eigenvalue weighted by atomic mass is 9.98. The molecule has 106 valence electrons. The molecular weight excluding hydrogens is 238 g/mol. The molecule has 1 aromatic carbocycles. The van der Waals surface area contributed by atoms with E-state index in [9.17, 15) is 9.90 Å². The molecule has 19 heavy (non-hydrogen) atoms. The predicted molar refractivity (Wildman–Crippen MR) is 78.5 cm³/mol. The van der Waals surface area contributed by atoms with Gasteiger partial charge >= 0.3 is 0 Å². The molecule has 0 bridgehead atoms. The van der Waals surface area contributed by atoms with Crippen LogP contribution in [0.4, 0.5) is 0 Å². The smallest absolute Gasteiger partial charge is 0.254 e. The molecule has 1 amide bonds. The topological polar surface area (TPSA) is 40.5 Å². The second-order valence-electron chi connectivity index (χ2n) is 5.91. The van der Waals surface area contributed by atoms with E-state index in [-0.39, 0.29) is 5.91 Å². The quantitative estimate of drug-likeness (QED) is 0.907. The fourth-order valence-electron chi connectivity index (χ4n) is 2.47. The molecule has 0 spiro atoms. The number of hydrogen-bond acceptors (Lipinski definition) is 2. The second-order valence-corrected chi connectivity index (χ2v) is 5.91. The Morgan fingerprint density at radius 1 is 1.21 bits per heavy atom. The van der Waals surface area contributed by atoms with E-state index in [0.717, 1.165) is 22.3 Å². The van der Waals surface area contributed by atoms with Crippen LogP contribution in [-0.4, -0.2) is 34.6 Å². The van der Waals surface area contributed by atoms with Gasteiger partial charge in [0.1, 0.15) is 0 Å². The standard InChI is InChI=1S/C16H25NO2/c1-7-17(10-16(5,6)19)15(18)14-12(3)8-11(2)9-13(14)4/h8-9,19H,7,10H2,1-6H3. The molecule has 0 saturated heterocycles. The number of nitrogens with zero attached hydrogens (tertiary/aromatic N) is 1. The van der Waals surface area contributed by atoms with Crippen molar-refractivity contribution in [3.05, 3.63) is 34.4 Å². The van der Waals surface area contributed by atoms with Gasteiger partial charge in [0.2, 0.25) is 0 Å². The number of rotatable bonds is 4. The molecule has 0 heterocycles. The van der Waals surface area contributed by atoms with Crippen LogP contribution in [0, 0.1) is 20.8 Å². The van der Waals surface area contributed by atoms with Crippen molar-refractivity contribution in [3.63, 3.8) is 0 Å². The van der Waals surface area contributed by atoms with E-state index in [0.29, 0.717) is 13.1 Å². The number of aliphatic hydroxyl groups is 1. The molecule has 0 aliphatic rings. The Hall–Kier alpha value is -1.35. The van der Waals surface area contributed by atoms with E-state index in [1.54, 1.807) is 18.7 Å². The highest BCUT2D eigenvalue weighted by molar-refractivity contribution is 5.97. The fraction of sp³-hybridized carbons (Fsp3) is 0.562. The number of carbonyl (C=O) groups is 1. The molecule has 0 unspecified atom stereocenters. The van der Waals surface area contributed by atoms with Crippen molar-refractivity contribution >= 4 is 5.91 Å². The van der Waals surface area contributed by atoms with E-state index < -0.39 is 5.60 Å². The van der Waals surface area contributed by atoms with Crippen molar-refractivity contribution in [2.24, 2.45) is 0 Å². The maximum Gasteiger partial charge on any atom is 0.254 e. The van der Waals surface area contributed by atoms with Gasteiger partial charge in [-0.05, 0) is 52.7 Å². The van der Waals surface area contributed by atoms with Crippen molar-refractivity contribution < 1.29 is 9.90 Å². The summed E-state index contributed by atoms with van der Waals surface area (Å²) in [5.41, 5.74) is 3.04. The van der Waals surface area contributed by atoms with Crippen molar-refractivity contribution in [1.82, 2.24) is 4.90 Å². The Bertz CT molecular complexity index is 449. The van der Waals surface area contributed by atoms with Crippen molar-refractivity contribution in [3.8, 4) is 0 Å². The largest absolute Gasteiger partial charge is 0.389 e. The third kappa shape index (κ3) is 4.06. The third-order valence-corrected chi connectivity index (χ3v) is 3.14.